The van der Waals surface area contributed by atoms with E-state index in [9.17, 15) is 9.59 Å². The van der Waals surface area contributed by atoms with Crippen molar-refractivity contribution in [3.63, 3.8) is 0 Å². The van der Waals surface area contributed by atoms with Crippen LogP contribution in [0.2, 0.25) is 0 Å². The number of ether oxygens (including phenoxy) is 1. The van der Waals surface area contributed by atoms with E-state index in [0.717, 1.165) is 17.6 Å². The van der Waals surface area contributed by atoms with E-state index in [0.29, 0.717) is 23.8 Å². The highest BCUT2D eigenvalue weighted by atomic mass is 16.5. The van der Waals surface area contributed by atoms with Gasteiger partial charge in [0.15, 0.2) is 0 Å². The fourth-order valence-electron chi connectivity index (χ4n) is 2.93. The first-order chi connectivity index (χ1) is 13.8. The van der Waals surface area contributed by atoms with Crippen LogP contribution in [0.15, 0.2) is 54.6 Å². The fourth-order valence-corrected chi connectivity index (χ4v) is 2.93. The highest BCUT2D eigenvalue weighted by molar-refractivity contribution is 6.04. The third-order valence-corrected chi connectivity index (χ3v) is 4.34. The zero-order valence-electron chi connectivity index (χ0n) is 17.3. The number of rotatable bonds is 10. The molecule has 29 heavy (non-hydrogen) atoms. The van der Waals surface area contributed by atoms with Crippen molar-refractivity contribution in [1.29, 1.82) is 0 Å². The molecule has 0 aromatic heterocycles. The van der Waals surface area contributed by atoms with Crippen LogP contribution < -0.4 is 10.1 Å². The number of benzene rings is 2. The largest absolute Gasteiger partial charge is 0.491 e. The summed E-state index contributed by atoms with van der Waals surface area (Å²) in [6.45, 7) is 6.57. The molecule has 2 N–H and O–H groups in total. The molecule has 0 aliphatic heterocycles. The molecular formula is C24H29NO4. The normalized spacial score (nSPS) is 11.4. The van der Waals surface area contributed by atoms with Gasteiger partial charge in [0.05, 0.1) is 12.3 Å². The maximum Gasteiger partial charge on any atom is 0.303 e. The van der Waals surface area contributed by atoms with E-state index in [2.05, 4.69) is 31.3 Å². The predicted molar refractivity (Wildman–Crippen MR) is 116 cm³/mol. The standard InChI is InChI=1S/C24H29NO4/c1-17(2)15-19-10-12-20(13-11-19)18(3)16-23(26)25-21-7-4-5-8-22(21)29-14-6-9-24(27)28/h4-5,7-8,10-13,16-17H,6,9,14-15H2,1-3H3,(H,25,26)(H,27,28). The van der Waals surface area contributed by atoms with E-state index in [1.54, 1.807) is 18.2 Å². The second-order valence-corrected chi connectivity index (χ2v) is 7.45. The van der Waals surface area contributed by atoms with Crippen LogP contribution >= 0.6 is 0 Å². The van der Waals surface area contributed by atoms with Gasteiger partial charge in [0.25, 0.3) is 0 Å². The monoisotopic (exact) mass is 395 g/mol. The Morgan fingerprint density at radius 1 is 1.10 bits per heavy atom. The van der Waals surface area contributed by atoms with E-state index >= 15 is 0 Å². The summed E-state index contributed by atoms with van der Waals surface area (Å²) in [7, 11) is 0. The molecule has 5 heteroatoms. The van der Waals surface area contributed by atoms with Crippen LogP contribution in [0.5, 0.6) is 5.75 Å². The molecule has 0 unspecified atom stereocenters. The van der Waals surface area contributed by atoms with Crippen molar-refractivity contribution in [2.75, 3.05) is 11.9 Å². The van der Waals surface area contributed by atoms with Gasteiger partial charge in [0.2, 0.25) is 5.91 Å². The van der Waals surface area contributed by atoms with Crippen LogP contribution in [0, 0.1) is 5.92 Å². The molecule has 0 atom stereocenters. The lowest BCUT2D eigenvalue weighted by Crippen LogP contribution is -2.11. The molecule has 1 amide bonds. The van der Waals surface area contributed by atoms with E-state index in [4.69, 9.17) is 9.84 Å². The Hall–Kier alpha value is -3.08. The molecule has 2 aromatic carbocycles. The lowest BCUT2D eigenvalue weighted by Gasteiger charge is -2.12. The summed E-state index contributed by atoms with van der Waals surface area (Å²) in [4.78, 5) is 23.0. The highest BCUT2D eigenvalue weighted by Gasteiger charge is 2.08. The number of carbonyl (C=O) groups is 2. The van der Waals surface area contributed by atoms with Gasteiger partial charge in [-0.2, -0.15) is 0 Å². The van der Waals surface area contributed by atoms with Crippen molar-refractivity contribution in [3.8, 4) is 5.75 Å². The Morgan fingerprint density at radius 2 is 1.79 bits per heavy atom. The molecule has 0 heterocycles. The summed E-state index contributed by atoms with van der Waals surface area (Å²) >= 11 is 0. The highest BCUT2D eigenvalue weighted by Crippen LogP contribution is 2.24. The van der Waals surface area contributed by atoms with Crippen molar-refractivity contribution in [2.24, 2.45) is 5.92 Å². The number of hydrogen-bond donors (Lipinski definition) is 2. The molecular weight excluding hydrogens is 366 g/mol. The number of amides is 1. The summed E-state index contributed by atoms with van der Waals surface area (Å²) in [5.74, 6) is 0.0355. The molecule has 2 rings (SSSR count). The van der Waals surface area contributed by atoms with Crippen molar-refractivity contribution in [2.45, 2.75) is 40.0 Å². The maximum absolute atomic E-state index is 12.5. The third-order valence-electron chi connectivity index (χ3n) is 4.34. The second-order valence-electron chi connectivity index (χ2n) is 7.45. The molecule has 0 bridgehead atoms. The van der Waals surface area contributed by atoms with Crippen molar-refractivity contribution >= 4 is 23.1 Å². The second kappa shape index (κ2) is 11.1. The number of aliphatic carboxylic acids is 1. The Kier molecular flexibility index (Phi) is 8.46. The van der Waals surface area contributed by atoms with Crippen molar-refractivity contribution < 1.29 is 19.4 Å². The van der Waals surface area contributed by atoms with Gasteiger partial charge in [-0.15, -0.1) is 0 Å². The summed E-state index contributed by atoms with van der Waals surface area (Å²) < 4.78 is 5.62. The van der Waals surface area contributed by atoms with Crippen molar-refractivity contribution in [1.82, 2.24) is 0 Å². The van der Waals surface area contributed by atoms with Gasteiger partial charge in [0.1, 0.15) is 5.75 Å². The fraction of sp³-hybridized carbons (Fsp3) is 0.333. The topological polar surface area (TPSA) is 75.6 Å². The lowest BCUT2D eigenvalue weighted by molar-refractivity contribution is -0.137. The number of para-hydroxylation sites is 2. The molecule has 0 radical (unpaired) electrons. The molecule has 0 saturated carbocycles. The summed E-state index contributed by atoms with van der Waals surface area (Å²) in [6, 6.07) is 15.4. The average molecular weight is 395 g/mol. The van der Waals surface area contributed by atoms with Gasteiger partial charge in [-0.1, -0.05) is 50.2 Å². The van der Waals surface area contributed by atoms with Crippen LogP contribution in [0.25, 0.3) is 5.57 Å². The molecule has 2 aromatic rings. The van der Waals surface area contributed by atoms with Crippen LogP contribution in [0.1, 0.15) is 44.7 Å². The van der Waals surface area contributed by atoms with Gasteiger partial charge >= 0.3 is 5.97 Å². The Morgan fingerprint density at radius 3 is 2.45 bits per heavy atom. The lowest BCUT2D eigenvalue weighted by atomic mass is 9.99. The number of nitrogens with one attached hydrogen (secondary N) is 1. The Bertz CT molecular complexity index is 853. The van der Waals surface area contributed by atoms with Crippen LogP contribution in [-0.2, 0) is 16.0 Å². The molecule has 5 nitrogen and oxygen atoms in total. The number of carboxylic acids is 1. The Labute approximate surface area is 172 Å². The average Bonchev–Trinajstić information content (AvgIpc) is 2.66. The predicted octanol–water partition coefficient (Wildman–Crippen LogP) is 5.17. The van der Waals surface area contributed by atoms with Gasteiger partial charge < -0.3 is 15.2 Å². The number of carbonyl (C=O) groups excluding carboxylic acids is 1. The Balaban J connectivity index is 1.99. The molecule has 0 fully saturated rings. The summed E-state index contributed by atoms with van der Waals surface area (Å²) in [5, 5.41) is 11.5. The first-order valence-electron chi connectivity index (χ1n) is 9.87. The first kappa shape index (κ1) is 22.2. The number of hydrogen-bond acceptors (Lipinski definition) is 3. The summed E-state index contributed by atoms with van der Waals surface area (Å²) in [6.07, 6.45) is 3.06. The minimum atomic E-state index is -0.854. The van der Waals surface area contributed by atoms with Crippen molar-refractivity contribution in [3.05, 3.63) is 65.7 Å². The van der Waals surface area contributed by atoms with Gasteiger partial charge in [-0.25, -0.2) is 0 Å². The molecule has 0 aliphatic rings. The van der Waals surface area contributed by atoms with E-state index in [1.165, 1.54) is 5.56 Å². The smallest absolute Gasteiger partial charge is 0.303 e. The van der Waals surface area contributed by atoms with E-state index in [-0.39, 0.29) is 18.9 Å². The number of carboxylic acid groups (broad SMARTS) is 1. The summed E-state index contributed by atoms with van der Waals surface area (Å²) in [5.41, 5.74) is 3.73. The number of allylic oxidation sites excluding steroid dienone is 1. The SMILES string of the molecule is CC(=CC(=O)Nc1ccccc1OCCCC(=O)O)c1ccc(CC(C)C)cc1. The minimum absolute atomic E-state index is 0.0480. The minimum Gasteiger partial charge on any atom is -0.491 e. The first-order valence-corrected chi connectivity index (χ1v) is 9.87. The molecule has 154 valence electrons. The van der Waals surface area contributed by atoms with E-state index in [1.807, 2.05) is 31.2 Å². The molecule has 0 spiro atoms. The number of anilines is 1. The molecule has 0 aliphatic carbocycles. The zero-order valence-corrected chi connectivity index (χ0v) is 17.3. The zero-order chi connectivity index (χ0) is 21.2. The van der Waals surface area contributed by atoms with Crippen LogP contribution in [0.3, 0.4) is 0 Å². The molecule has 0 saturated heterocycles. The van der Waals surface area contributed by atoms with Gasteiger partial charge in [-0.3, -0.25) is 9.59 Å². The van der Waals surface area contributed by atoms with E-state index < -0.39 is 5.97 Å². The van der Waals surface area contributed by atoms with Crippen LogP contribution in [0.4, 0.5) is 5.69 Å². The van der Waals surface area contributed by atoms with Gasteiger partial charge in [0, 0.05) is 12.5 Å². The maximum atomic E-state index is 12.5. The third kappa shape index (κ3) is 7.82. The van der Waals surface area contributed by atoms with Gasteiger partial charge in [-0.05, 0) is 54.5 Å². The van der Waals surface area contributed by atoms with Crippen LogP contribution in [-0.4, -0.2) is 23.6 Å². The quantitative estimate of drug-likeness (QED) is 0.430.